The first-order valence-corrected chi connectivity index (χ1v) is 11.6. The maximum atomic E-state index is 15.9. The number of hydrogen-bond acceptors (Lipinski definition) is 5. The molecular weight excluding hydrogens is 440 g/mol. The van der Waals surface area contributed by atoms with Gasteiger partial charge in [0.05, 0.1) is 18.1 Å². The van der Waals surface area contributed by atoms with Gasteiger partial charge in [0.15, 0.2) is 21.3 Å². The van der Waals surface area contributed by atoms with Gasteiger partial charge in [-0.3, -0.25) is 9.78 Å². The van der Waals surface area contributed by atoms with Gasteiger partial charge in [0, 0.05) is 28.2 Å². The molecule has 0 saturated heterocycles. The van der Waals surface area contributed by atoms with Crippen LogP contribution >= 0.6 is 23.2 Å². The summed E-state index contributed by atoms with van der Waals surface area (Å²) in [4.78, 5) is 16.9. The fourth-order valence-electron chi connectivity index (χ4n) is 3.69. The SMILES string of the molecule is O=C(CCc1ccc(Cl)cc1Cl)[C@]1(F)CCC(S(=O)(=O)CCO)c2ncccc21. The molecule has 1 N–H and O–H groups in total. The zero-order chi connectivity index (χ0) is 21.2. The van der Waals surface area contributed by atoms with E-state index in [-0.39, 0.29) is 36.9 Å². The largest absolute Gasteiger partial charge is 0.395 e. The van der Waals surface area contributed by atoms with Crippen molar-refractivity contribution in [3.63, 3.8) is 0 Å². The third-order valence-electron chi connectivity index (χ3n) is 5.21. The Morgan fingerprint density at radius 2 is 2.07 bits per heavy atom. The zero-order valence-corrected chi connectivity index (χ0v) is 17.8. The van der Waals surface area contributed by atoms with Gasteiger partial charge in [-0.15, -0.1) is 0 Å². The highest BCUT2D eigenvalue weighted by Crippen LogP contribution is 2.46. The quantitative estimate of drug-likeness (QED) is 0.676. The molecule has 9 heteroatoms. The smallest absolute Gasteiger partial charge is 0.195 e. The van der Waals surface area contributed by atoms with Crippen molar-refractivity contribution < 1.29 is 22.7 Å². The molecule has 0 spiro atoms. The summed E-state index contributed by atoms with van der Waals surface area (Å²) in [6.07, 6.45) is 1.19. The van der Waals surface area contributed by atoms with Gasteiger partial charge in [0.25, 0.3) is 0 Å². The van der Waals surface area contributed by atoms with E-state index in [4.69, 9.17) is 28.3 Å². The molecule has 5 nitrogen and oxygen atoms in total. The standard InChI is InChI=1S/C20H20Cl2FNO4S/c21-14-5-3-13(16(22)12-14)4-6-18(26)20(23)8-7-17(29(27,28)11-10-25)19-15(20)2-1-9-24-19/h1-3,5,9,12,17,25H,4,6-8,10-11H2/t17?,20-/m0/s1. The highest BCUT2D eigenvalue weighted by molar-refractivity contribution is 7.91. The van der Waals surface area contributed by atoms with Gasteiger partial charge in [0.1, 0.15) is 5.25 Å². The molecule has 156 valence electrons. The average Bonchev–Trinajstić information content (AvgIpc) is 2.67. The Labute approximate surface area is 178 Å². The highest BCUT2D eigenvalue weighted by atomic mass is 35.5. The number of carbonyl (C=O) groups is 1. The number of aliphatic hydroxyl groups is 1. The first kappa shape index (κ1) is 22.2. The van der Waals surface area contributed by atoms with E-state index in [0.29, 0.717) is 15.6 Å². The predicted molar refractivity (Wildman–Crippen MR) is 110 cm³/mol. The van der Waals surface area contributed by atoms with Crippen LogP contribution in [0.1, 0.15) is 41.3 Å². The van der Waals surface area contributed by atoms with Crippen molar-refractivity contribution in [3.05, 3.63) is 63.4 Å². The first-order valence-electron chi connectivity index (χ1n) is 9.13. The van der Waals surface area contributed by atoms with Crippen molar-refractivity contribution in [2.45, 2.75) is 36.6 Å². The maximum absolute atomic E-state index is 15.9. The van der Waals surface area contributed by atoms with Crippen molar-refractivity contribution in [1.29, 1.82) is 0 Å². The lowest BCUT2D eigenvalue weighted by Crippen LogP contribution is -2.39. The van der Waals surface area contributed by atoms with E-state index in [2.05, 4.69) is 4.98 Å². The first-order chi connectivity index (χ1) is 13.7. The molecule has 0 radical (unpaired) electrons. The van der Waals surface area contributed by atoms with E-state index in [1.165, 1.54) is 18.3 Å². The van der Waals surface area contributed by atoms with Crippen LogP contribution in [0.15, 0.2) is 36.5 Å². The molecule has 1 heterocycles. The minimum absolute atomic E-state index is 0.00929. The summed E-state index contributed by atoms with van der Waals surface area (Å²) in [5.41, 5.74) is -1.59. The van der Waals surface area contributed by atoms with Crippen LogP contribution in [0.2, 0.25) is 10.0 Å². The molecule has 1 aromatic heterocycles. The van der Waals surface area contributed by atoms with Gasteiger partial charge in [-0.1, -0.05) is 35.3 Å². The number of aryl methyl sites for hydroxylation is 1. The van der Waals surface area contributed by atoms with E-state index >= 15 is 4.39 Å². The molecule has 0 aliphatic heterocycles. The Bertz CT molecular complexity index is 1030. The molecule has 0 fully saturated rings. The van der Waals surface area contributed by atoms with E-state index in [9.17, 15) is 13.2 Å². The van der Waals surface area contributed by atoms with Crippen molar-refractivity contribution in [2.24, 2.45) is 0 Å². The Balaban J connectivity index is 1.87. The summed E-state index contributed by atoms with van der Waals surface area (Å²) < 4.78 is 40.8. The minimum atomic E-state index is -3.71. The number of ketones is 1. The lowest BCUT2D eigenvalue weighted by Gasteiger charge is -2.34. The van der Waals surface area contributed by atoms with Crippen LogP contribution in [0.4, 0.5) is 4.39 Å². The fourth-order valence-corrected chi connectivity index (χ4v) is 5.74. The highest BCUT2D eigenvalue weighted by Gasteiger charge is 2.48. The van der Waals surface area contributed by atoms with Gasteiger partial charge >= 0.3 is 0 Å². The van der Waals surface area contributed by atoms with Gasteiger partial charge in [0.2, 0.25) is 0 Å². The summed E-state index contributed by atoms with van der Waals surface area (Å²) >= 11 is 12.0. The summed E-state index contributed by atoms with van der Waals surface area (Å²) in [6.45, 7) is -0.525. The Morgan fingerprint density at radius 1 is 1.31 bits per heavy atom. The molecule has 1 aromatic carbocycles. The topological polar surface area (TPSA) is 84.3 Å². The number of benzene rings is 1. The third kappa shape index (κ3) is 4.48. The van der Waals surface area contributed by atoms with Gasteiger partial charge < -0.3 is 5.11 Å². The van der Waals surface area contributed by atoms with Crippen LogP contribution in [0.25, 0.3) is 0 Å². The molecular formula is C20H20Cl2FNO4S. The number of halogens is 3. The number of pyridine rings is 1. The summed E-state index contributed by atoms with van der Waals surface area (Å²) in [7, 11) is -3.71. The van der Waals surface area contributed by atoms with Crippen molar-refractivity contribution in [1.82, 2.24) is 4.98 Å². The van der Waals surface area contributed by atoms with Crippen LogP contribution in [0.3, 0.4) is 0 Å². The van der Waals surface area contributed by atoms with E-state index in [0.717, 1.165) is 0 Å². The fraction of sp³-hybridized carbons (Fsp3) is 0.400. The molecule has 2 aromatic rings. The van der Waals surface area contributed by atoms with E-state index < -0.39 is 38.9 Å². The van der Waals surface area contributed by atoms with Crippen molar-refractivity contribution in [3.8, 4) is 0 Å². The van der Waals surface area contributed by atoms with Gasteiger partial charge in [-0.25, -0.2) is 12.8 Å². The summed E-state index contributed by atoms with van der Waals surface area (Å²) in [6, 6.07) is 7.80. The van der Waals surface area contributed by atoms with Crippen molar-refractivity contribution >= 4 is 38.8 Å². The Morgan fingerprint density at radius 3 is 2.76 bits per heavy atom. The second-order valence-corrected chi connectivity index (χ2v) is 10.2. The molecule has 2 atom stereocenters. The number of fused-ring (bicyclic) bond motifs is 1. The Kier molecular flexibility index (Phi) is 6.63. The number of aromatic nitrogens is 1. The average molecular weight is 460 g/mol. The molecule has 1 aliphatic rings. The lowest BCUT2D eigenvalue weighted by molar-refractivity contribution is -0.132. The van der Waals surface area contributed by atoms with Crippen LogP contribution in [0.5, 0.6) is 0 Å². The Hall–Kier alpha value is -1.54. The van der Waals surface area contributed by atoms with Gasteiger partial charge in [-0.05, 0) is 43.0 Å². The van der Waals surface area contributed by atoms with Crippen LogP contribution in [0, 0.1) is 0 Å². The number of rotatable bonds is 7. The summed E-state index contributed by atoms with van der Waals surface area (Å²) in [5, 5.41) is 8.88. The number of aliphatic hydroxyl groups excluding tert-OH is 1. The van der Waals surface area contributed by atoms with Crippen LogP contribution in [-0.2, 0) is 26.7 Å². The van der Waals surface area contributed by atoms with Crippen molar-refractivity contribution in [2.75, 3.05) is 12.4 Å². The molecule has 3 rings (SSSR count). The van der Waals surface area contributed by atoms with Gasteiger partial charge in [-0.2, -0.15) is 0 Å². The predicted octanol–water partition coefficient (Wildman–Crippen LogP) is 4.00. The number of hydrogen-bond donors (Lipinski definition) is 1. The number of sulfone groups is 1. The molecule has 29 heavy (non-hydrogen) atoms. The summed E-state index contributed by atoms with van der Waals surface area (Å²) in [5.74, 6) is -1.08. The minimum Gasteiger partial charge on any atom is -0.395 e. The molecule has 1 unspecified atom stereocenters. The molecule has 0 saturated carbocycles. The molecule has 1 aliphatic carbocycles. The second kappa shape index (κ2) is 8.68. The second-order valence-electron chi connectivity index (χ2n) is 7.01. The normalized spacial score (nSPS) is 21.6. The van der Waals surface area contributed by atoms with E-state index in [1.807, 2.05) is 0 Å². The van der Waals surface area contributed by atoms with Crippen LogP contribution < -0.4 is 0 Å². The number of alkyl halides is 1. The molecule has 0 amide bonds. The number of carbonyl (C=O) groups excluding carboxylic acids is 1. The zero-order valence-electron chi connectivity index (χ0n) is 15.4. The third-order valence-corrected chi connectivity index (χ3v) is 7.87. The lowest BCUT2D eigenvalue weighted by atomic mass is 9.78. The van der Waals surface area contributed by atoms with Crippen LogP contribution in [-0.4, -0.2) is 36.7 Å². The molecule has 0 bridgehead atoms. The number of nitrogens with zero attached hydrogens (tertiary/aromatic N) is 1. The maximum Gasteiger partial charge on any atom is 0.195 e. The van der Waals surface area contributed by atoms with E-state index in [1.54, 1.807) is 18.2 Å². The monoisotopic (exact) mass is 459 g/mol. The number of Topliss-reactive ketones (excluding diaryl/α,β-unsaturated/α-hetero) is 1.